The van der Waals surface area contributed by atoms with Crippen LogP contribution >= 0.6 is 0 Å². The highest BCUT2D eigenvalue weighted by Crippen LogP contribution is 2.28. The molecule has 0 atom stereocenters. The highest BCUT2D eigenvalue weighted by atomic mass is 19.3. The largest absolute Gasteiger partial charge is 0.506 e. The van der Waals surface area contributed by atoms with E-state index < -0.39 is 6.43 Å². The molecule has 22 heavy (non-hydrogen) atoms. The maximum atomic E-state index is 12.7. The minimum Gasteiger partial charge on any atom is -0.506 e. The number of halogens is 2. The third-order valence-corrected chi connectivity index (χ3v) is 3.72. The minimum atomic E-state index is -2.59. The quantitative estimate of drug-likeness (QED) is 0.944. The summed E-state index contributed by atoms with van der Waals surface area (Å²) in [4.78, 5) is 11.7. The van der Waals surface area contributed by atoms with Crippen molar-refractivity contribution in [3.8, 4) is 5.75 Å². The lowest BCUT2D eigenvalue weighted by molar-refractivity contribution is 0.146. The monoisotopic (exact) mass is 306 g/mol. The Balaban J connectivity index is 1.69. The molecule has 1 N–H and O–H groups in total. The van der Waals surface area contributed by atoms with Gasteiger partial charge in [0, 0.05) is 32.2 Å². The molecule has 2 heterocycles. The van der Waals surface area contributed by atoms with Crippen molar-refractivity contribution in [1.82, 2.24) is 9.97 Å². The Morgan fingerprint density at radius 3 is 2.36 bits per heavy atom. The van der Waals surface area contributed by atoms with Gasteiger partial charge in [-0.25, -0.2) is 18.7 Å². The SMILES string of the molecule is Oc1ccccc1N1CCN(c2cc(C(F)F)ncn2)CC1. The lowest BCUT2D eigenvalue weighted by Gasteiger charge is -2.36. The second-order valence-electron chi connectivity index (χ2n) is 5.06. The number of nitrogens with zero attached hydrogens (tertiary/aromatic N) is 4. The number of phenolic OH excluding ortho intramolecular Hbond substituents is 1. The molecule has 1 aromatic carbocycles. The molecule has 0 amide bonds. The van der Waals surface area contributed by atoms with Crippen LogP contribution in [0.25, 0.3) is 0 Å². The molecule has 0 saturated carbocycles. The van der Waals surface area contributed by atoms with E-state index in [2.05, 4.69) is 14.9 Å². The van der Waals surface area contributed by atoms with Gasteiger partial charge in [-0.05, 0) is 12.1 Å². The molecule has 0 bridgehead atoms. The zero-order valence-corrected chi connectivity index (χ0v) is 11.9. The molecule has 7 heteroatoms. The number of hydrogen-bond donors (Lipinski definition) is 1. The first-order valence-corrected chi connectivity index (χ1v) is 7.03. The fourth-order valence-corrected chi connectivity index (χ4v) is 2.56. The lowest BCUT2D eigenvalue weighted by atomic mass is 10.2. The normalized spacial score (nSPS) is 15.4. The summed E-state index contributed by atoms with van der Waals surface area (Å²) in [5.41, 5.74) is 0.534. The number of para-hydroxylation sites is 2. The molecule has 2 aromatic rings. The van der Waals surface area contributed by atoms with Gasteiger partial charge in [0.2, 0.25) is 0 Å². The summed E-state index contributed by atoms with van der Waals surface area (Å²) in [7, 11) is 0. The number of benzene rings is 1. The van der Waals surface area contributed by atoms with Crippen LogP contribution in [0.3, 0.4) is 0 Å². The van der Waals surface area contributed by atoms with Crippen LogP contribution in [0.1, 0.15) is 12.1 Å². The van der Waals surface area contributed by atoms with Gasteiger partial charge in [0.1, 0.15) is 23.6 Å². The molecular weight excluding hydrogens is 290 g/mol. The molecule has 1 saturated heterocycles. The van der Waals surface area contributed by atoms with E-state index in [0.29, 0.717) is 32.0 Å². The van der Waals surface area contributed by atoms with E-state index >= 15 is 0 Å². The molecule has 0 spiro atoms. The number of phenols is 1. The van der Waals surface area contributed by atoms with Gasteiger partial charge in [-0.2, -0.15) is 0 Å². The third kappa shape index (κ3) is 2.93. The third-order valence-electron chi connectivity index (χ3n) is 3.72. The van der Waals surface area contributed by atoms with Crippen LogP contribution in [-0.2, 0) is 0 Å². The summed E-state index contributed by atoms with van der Waals surface area (Å²) in [5, 5.41) is 9.88. The van der Waals surface area contributed by atoms with Crippen molar-refractivity contribution in [1.29, 1.82) is 0 Å². The summed E-state index contributed by atoms with van der Waals surface area (Å²) in [5.74, 6) is 0.764. The molecule has 1 aliphatic heterocycles. The zero-order valence-electron chi connectivity index (χ0n) is 11.9. The summed E-state index contributed by atoms with van der Waals surface area (Å²) < 4.78 is 25.4. The van der Waals surface area contributed by atoms with Gasteiger partial charge in [0.25, 0.3) is 6.43 Å². The van der Waals surface area contributed by atoms with Gasteiger partial charge in [-0.3, -0.25) is 0 Å². The van der Waals surface area contributed by atoms with Crippen LogP contribution in [0.2, 0.25) is 0 Å². The van der Waals surface area contributed by atoms with E-state index in [9.17, 15) is 13.9 Å². The first kappa shape index (κ1) is 14.5. The van der Waals surface area contributed by atoms with Gasteiger partial charge >= 0.3 is 0 Å². The predicted molar refractivity (Wildman–Crippen MR) is 79.5 cm³/mol. The predicted octanol–water partition coefficient (Wildman–Crippen LogP) is 2.45. The maximum absolute atomic E-state index is 12.7. The second-order valence-corrected chi connectivity index (χ2v) is 5.06. The average molecular weight is 306 g/mol. The molecule has 5 nitrogen and oxygen atoms in total. The van der Waals surface area contributed by atoms with Gasteiger partial charge in [-0.15, -0.1) is 0 Å². The van der Waals surface area contributed by atoms with Crippen molar-refractivity contribution >= 4 is 11.5 Å². The van der Waals surface area contributed by atoms with Crippen molar-refractivity contribution < 1.29 is 13.9 Å². The van der Waals surface area contributed by atoms with E-state index in [0.717, 1.165) is 5.69 Å². The first-order valence-electron chi connectivity index (χ1n) is 7.03. The van der Waals surface area contributed by atoms with Crippen LogP contribution in [0.4, 0.5) is 20.3 Å². The fraction of sp³-hybridized carbons (Fsp3) is 0.333. The van der Waals surface area contributed by atoms with E-state index in [1.54, 1.807) is 12.1 Å². The molecule has 3 rings (SSSR count). The fourth-order valence-electron chi connectivity index (χ4n) is 2.56. The summed E-state index contributed by atoms with van der Waals surface area (Å²) in [6, 6.07) is 8.51. The molecule has 1 aliphatic rings. The summed E-state index contributed by atoms with van der Waals surface area (Å²) in [6.07, 6.45) is -1.42. The van der Waals surface area contributed by atoms with Crippen molar-refractivity contribution in [2.45, 2.75) is 6.43 Å². The number of aromatic hydroxyl groups is 1. The van der Waals surface area contributed by atoms with Gasteiger partial charge < -0.3 is 14.9 Å². The maximum Gasteiger partial charge on any atom is 0.280 e. The Hall–Kier alpha value is -2.44. The van der Waals surface area contributed by atoms with Crippen molar-refractivity contribution in [3.05, 3.63) is 42.4 Å². The second kappa shape index (κ2) is 6.13. The highest BCUT2D eigenvalue weighted by molar-refractivity contribution is 5.58. The van der Waals surface area contributed by atoms with Crippen molar-refractivity contribution in [2.75, 3.05) is 36.0 Å². The van der Waals surface area contributed by atoms with Gasteiger partial charge in [0.05, 0.1) is 5.69 Å². The Morgan fingerprint density at radius 1 is 1.00 bits per heavy atom. The molecule has 0 radical (unpaired) electrons. The van der Waals surface area contributed by atoms with Crippen LogP contribution in [0.15, 0.2) is 36.7 Å². The number of rotatable bonds is 3. The van der Waals surface area contributed by atoms with Crippen molar-refractivity contribution in [2.24, 2.45) is 0 Å². The average Bonchev–Trinajstić information content (AvgIpc) is 2.56. The smallest absolute Gasteiger partial charge is 0.280 e. The van der Waals surface area contributed by atoms with Gasteiger partial charge in [0.15, 0.2) is 0 Å². The Bertz CT molecular complexity index is 645. The Morgan fingerprint density at radius 2 is 1.68 bits per heavy atom. The van der Waals surface area contributed by atoms with E-state index in [4.69, 9.17) is 0 Å². The zero-order chi connectivity index (χ0) is 15.5. The standard InChI is InChI=1S/C15H16F2N4O/c16-15(17)11-9-14(19-10-18-11)21-7-5-20(6-8-21)12-3-1-2-4-13(12)22/h1-4,9-10,15,22H,5-8H2. The van der Waals surface area contributed by atoms with Crippen LogP contribution in [0, 0.1) is 0 Å². The number of aromatic nitrogens is 2. The Kier molecular flexibility index (Phi) is 4.04. The summed E-state index contributed by atoms with van der Waals surface area (Å²) >= 11 is 0. The first-order chi connectivity index (χ1) is 10.6. The van der Waals surface area contributed by atoms with E-state index in [1.165, 1.54) is 12.4 Å². The van der Waals surface area contributed by atoms with Crippen LogP contribution < -0.4 is 9.80 Å². The van der Waals surface area contributed by atoms with E-state index in [-0.39, 0.29) is 11.4 Å². The lowest BCUT2D eigenvalue weighted by Crippen LogP contribution is -2.46. The Labute approximate surface area is 126 Å². The van der Waals surface area contributed by atoms with Crippen molar-refractivity contribution in [3.63, 3.8) is 0 Å². The molecule has 1 aromatic heterocycles. The van der Waals surface area contributed by atoms with Crippen LogP contribution in [0.5, 0.6) is 5.75 Å². The molecule has 0 unspecified atom stereocenters. The van der Waals surface area contributed by atoms with E-state index in [1.807, 2.05) is 17.0 Å². The molecule has 0 aliphatic carbocycles. The number of piperazine rings is 1. The number of alkyl halides is 2. The number of hydrogen-bond acceptors (Lipinski definition) is 5. The minimum absolute atomic E-state index is 0.248. The molecule has 1 fully saturated rings. The molecule has 116 valence electrons. The number of anilines is 2. The highest BCUT2D eigenvalue weighted by Gasteiger charge is 2.21. The summed E-state index contributed by atoms with van der Waals surface area (Å²) in [6.45, 7) is 2.67. The van der Waals surface area contributed by atoms with Gasteiger partial charge in [-0.1, -0.05) is 12.1 Å². The molecular formula is C15H16F2N4O. The van der Waals surface area contributed by atoms with Crippen LogP contribution in [-0.4, -0.2) is 41.3 Å². The topological polar surface area (TPSA) is 52.5 Å².